The van der Waals surface area contributed by atoms with Crippen LogP contribution in [0.15, 0.2) is 30.4 Å². The maximum absolute atomic E-state index is 13.3. The summed E-state index contributed by atoms with van der Waals surface area (Å²) in [5.74, 6) is -1.55. The molecule has 2 saturated heterocycles. The van der Waals surface area contributed by atoms with Crippen molar-refractivity contribution < 1.29 is 27.7 Å². The van der Waals surface area contributed by atoms with Crippen LogP contribution in [-0.2, 0) is 18.9 Å². The molecule has 4 nitrogen and oxygen atoms in total. The minimum atomic E-state index is -0.909. The van der Waals surface area contributed by atoms with Gasteiger partial charge in [0.25, 0.3) is 0 Å². The zero-order valence-corrected chi connectivity index (χ0v) is 14.3. The van der Waals surface area contributed by atoms with Crippen molar-refractivity contribution >= 4 is 0 Å². The molecule has 0 N–H and O–H groups in total. The van der Waals surface area contributed by atoms with Crippen LogP contribution in [0.1, 0.15) is 31.6 Å². The summed E-state index contributed by atoms with van der Waals surface area (Å²) in [6.45, 7) is 4.14. The fraction of sp³-hybridized carbons (Fsp3) is 0.579. The maximum atomic E-state index is 13.3. The first kappa shape index (κ1) is 18.5. The van der Waals surface area contributed by atoms with Crippen molar-refractivity contribution in [3.8, 4) is 0 Å². The van der Waals surface area contributed by atoms with Gasteiger partial charge in [-0.1, -0.05) is 31.6 Å². The lowest BCUT2D eigenvalue weighted by atomic mass is 10.1. The quantitative estimate of drug-likeness (QED) is 0.750. The molecule has 0 amide bonds. The van der Waals surface area contributed by atoms with Gasteiger partial charge in [0, 0.05) is 11.5 Å². The Balaban J connectivity index is 1.46. The van der Waals surface area contributed by atoms with Crippen LogP contribution in [0, 0.1) is 23.5 Å². The van der Waals surface area contributed by atoms with E-state index in [0.717, 1.165) is 25.0 Å². The van der Waals surface area contributed by atoms with Crippen molar-refractivity contribution in [1.29, 1.82) is 0 Å². The monoisotopic (exact) mass is 354 g/mol. The van der Waals surface area contributed by atoms with E-state index < -0.39 is 17.9 Å². The molecule has 0 spiro atoms. The van der Waals surface area contributed by atoms with Gasteiger partial charge < -0.3 is 18.9 Å². The highest BCUT2D eigenvalue weighted by Crippen LogP contribution is 2.29. The SMILES string of the molecule is CCCC=CC1COC(C2COC(c3ccc(F)c(F)c3)OC2)OC1. The van der Waals surface area contributed by atoms with E-state index in [0.29, 0.717) is 32.0 Å². The van der Waals surface area contributed by atoms with Crippen molar-refractivity contribution in [2.45, 2.75) is 32.3 Å². The van der Waals surface area contributed by atoms with Gasteiger partial charge in [-0.25, -0.2) is 8.78 Å². The number of benzene rings is 1. The van der Waals surface area contributed by atoms with Gasteiger partial charge in [0.2, 0.25) is 0 Å². The summed E-state index contributed by atoms with van der Waals surface area (Å²) in [5.41, 5.74) is 0.462. The average Bonchev–Trinajstić information content (AvgIpc) is 2.65. The van der Waals surface area contributed by atoms with Crippen LogP contribution in [0.5, 0.6) is 0 Å². The Morgan fingerprint density at radius 1 is 1.00 bits per heavy atom. The lowest BCUT2D eigenvalue weighted by Gasteiger charge is -2.37. The minimum Gasteiger partial charge on any atom is -0.351 e. The number of ether oxygens (including phenoxy) is 4. The molecule has 138 valence electrons. The van der Waals surface area contributed by atoms with Crippen LogP contribution in [0.4, 0.5) is 8.78 Å². The predicted octanol–water partition coefficient (Wildman–Crippen LogP) is 3.97. The number of allylic oxidation sites excluding steroid dienone is 1. The first-order valence-electron chi connectivity index (χ1n) is 8.75. The summed E-state index contributed by atoms with van der Waals surface area (Å²) in [5, 5.41) is 0. The minimum absolute atomic E-state index is 0.0397. The predicted molar refractivity (Wildman–Crippen MR) is 87.7 cm³/mol. The topological polar surface area (TPSA) is 36.9 Å². The Hall–Kier alpha value is -1.34. The van der Waals surface area contributed by atoms with Crippen molar-refractivity contribution in [3.05, 3.63) is 47.5 Å². The first-order chi connectivity index (χ1) is 12.2. The molecule has 6 heteroatoms. The largest absolute Gasteiger partial charge is 0.351 e. The number of unbranched alkanes of at least 4 members (excludes halogenated alkanes) is 1. The van der Waals surface area contributed by atoms with Gasteiger partial charge in [-0.3, -0.25) is 0 Å². The van der Waals surface area contributed by atoms with Crippen molar-refractivity contribution in [2.24, 2.45) is 11.8 Å². The van der Waals surface area contributed by atoms with E-state index in [-0.39, 0.29) is 18.1 Å². The fourth-order valence-electron chi connectivity index (χ4n) is 2.90. The van der Waals surface area contributed by atoms with E-state index in [9.17, 15) is 8.78 Å². The van der Waals surface area contributed by atoms with Crippen LogP contribution in [0.3, 0.4) is 0 Å². The van der Waals surface area contributed by atoms with Gasteiger partial charge in [-0.2, -0.15) is 0 Å². The molecule has 2 heterocycles. The van der Waals surface area contributed by atoms with Crippen molar-refractivity contribution in [3.63, 3.8) is 0 Å². The lowest BCUT2D eigenvalue weighted by molar-refractivity contribution is -0.280. The highest BCUT2D eigenvalue weighted by molar-refractivity contribution is 5.19. The first-order valence-corrected chi connectivity index (χ1v) is 8.75. The van der Waals surface area contributed by atoms with Gasteiger partial charge in [0.15, 0.2) is 24.2 Å². The van der Waals surface area contributed by atoms with Crippen LogP contribution < -0.4 is 0 Å². The fourth-order valence-corrected chi connectivity index (χ4v) is 2.90. The van der Waals surface area contributed by atoms with E-state index in [1.807, 2.05) is 0 Å². The van der Waals surface area contributed by atoms with Gasteiger partial charge in [0.05, 0.1) is 32.3 Å². The zero-order chi connectivity index (χ0) is 17.6. The van der Waals surface area contributed by atoms with E-state index in [2.05, 4.69) is 19.1 Å². The molecule has 25 heavy (non-hydrogen) atoms. The Kier molecular flexibility index (Phi) is 6.53. The summed E-state index contributed by atoms with van der Waals surface area (Å²) in [6, 6.07) is 3.63. The van der Waals surface area contributed by atoms with Gasteiger partial charge >= 0.3 is 0 Å². The molecule has 0 aromatic heterocycles. The van der Waals surface area contributed by atoms with Gasteiger partial charge in [0.1, 0.15) is 0 Å². The van der Waals surface area contributed by atoms with E-state index >= 15 is 0 Å². The molecule has 2 fully saturated rings. The van der Waals surface area contributed by atoms with Crippen molar-refractivity contribution in [1.82, 2.24) is 0 Å². The molecule has 0 atom stereocenters. The van der Waals surface area contributed by atoms with Gasteiger partial charge in [-0.05, 0) is 18.6 Å². The summed E-state index contributed by atoms with van der Waals surface area (Å²) in [7, 11) is 0. The smallest absolute Gasteiger partial charge is 0.183 e. The highest BCUT2D eigenvalue weighted by Gasteiger charge is 2.33. The summed E-state index contributed by atoms with van der Waals surface area (Å²) in [6.07, 6.45) is 5.45. The maximum Gasteiger partial charge on any atom is 0.183 e. The average molecular weight is 354 g/mol. The standard InChI is InChI=1S/C19H24F2O4/c1-2-3-4-5-13-9-22-19(23-10-13)15-11-24-18(25-12-15)14-6-7-16(20)17(21)8-14/h4-8,13,15,18-19H,2-3,9-12H2,1H3. The van der Waals surface area contributed by atoms with Crippen LogP contribution in [0.2, 0.25) is 0 Å². The second kappa shape index (κ2) is 8.85. The molecule has 0 bridgehead atoms. The molecule has 3 rings (SSSR count). The number of hydrogen-bond donors (Lipinski definition) is 0. The van der Waals surface area contributed by atoms with Crippen molar-refractivity contribution in [2.75, 3.05) is 26.4 Å². The molecule has 2 aliphatic heterocycles. The summed E-state index contributed by atoms with van der Waals surface area (Å²) in [4.78, 5) is 0. The summed E-state index contributed by atoms with van der Waals surface area (Å²) < 4.78 is 49.2. The number of hydrogen-bond acceptors (Lipinski definition) is 4. The van der Waals surface area contributed by atoms with Crippen LogP contribution in [0.25, 0.3) is 0 Å². The molecule has 1 aromatic carbocycles. The zero-order valence-electron chi connectivity index (χ0n) is 14.3. The Morgan fingerprint density at radius 3 is 2.36 bits per heavy atom. The van der Waals surface area contributed by atoms with Gasteiger partial charge in [-0.15, -0.1) is 0 Å². The normalized spacial score (nSPS) is 30.7. The molecule has 1 aromatic rings. The van der Waals surface area contributed by atoms with Crippen LogP contribution >= 0.6 is 0 Å². The van der Waals surface area contributed by atoms with E-state index in [1.54, 1.807) is 0 Å². The summed E-state index contributed by atoms with van der Waals surface area (Å²) >= 11 is 0. The molecule has 0 unspecified atom stereocenters. The Labute approximate surface area is 146 Å². The molecular weight excluding hydrogens is 330 g/mol. The second-order valence-electron chi connectivity index (χ2n) is 6.44. The third-order valence-corrected chi connectivity index (χ3v) is 4.34. The van der Waals surface area contributed by atoms with E-state index in [1.165, 1.54) is 6.07 Å². The molecule has 0 saturated carbocycles. The molecule has 2 aliphatic rings. The molecule has 0 radical (unpaired) electrons. The van der Waals surface area contributed by atoms with E-state index in [4.69, 9.17) is 18.9 Å². The third-order valence-electron chi connectivity index (χ3n) is 4.34. The second-order valence-corrected chi connectivity index (χ2v) is 6.44. The number of halogens is 2. The molecular formula is C19H24F2O4. The number of rotatable bonds is 5. The third kappa shape index (κ3) is 4.85. The highest BCUT2D eigenvalue weighted by atomic mass is 19.2. The molecule has 0 aliphatic carbocycles. The Bertz CT molecular complexity index is 577. The lowest BCUT2D eigenvalue weighted by Crippen LogP contribution is -2.42. The van der Waals surface area contributed by atoms with Crippen LogP contribution in [-0.4, -0.2) is 32.7 Å². The Morgan fingerprint density at radius 2 is 1.72 bits per heavy atom.